The molecule has 0 spiro atoms. The molecule has 2 aromatic carbocycles. The molecule has 0 aliphatic carbocycles. The van der Waals surface area contributed by atoms with Crippen LogP contribution in [0.3, 0.4) is 0 Å². The number of oxazole rings is 1. The topological polar surface area (TPSA) is 87.4 Å². The minimum absolute atomic E-state index is 0.0206. The zero-order valence-corrected chi connectivity index (χ0v) is 12.0. The van der Waals surface area contributed by atoms with Crippen LogP contribution < -0.4 is 10.6 Å². The molecule has 3 aromatic rings. The highest BCUT2D eigenvalue weighted by molar-refractivity contribution is 5.91. The van der Waals surface area contributed by atoms with Crippen LogP contribution in [0.5, 0.6) is 5.75 Å². The van der Waals surface area contributed by atoms with Gasteiger partial charge in [-0.05, 0) is 30.2 Å². The average Bonchev–Trinajstić information content (AvgIpc) is 2.91. The van der Waals surface area contributed by atoms with E-state index in [1.54, 1.807) is 12.1 Å². The molecule has 0 aliphatic heterocycles. The number of urea groups is 1. The van der Waals surface area contributed by atoms with Gasteiger partial charge in [-0.3, -0.25) is 5.32 Å². The number of nitrogens with zero attached hydrogens (tertiary/aromatic N) is 1. The predicted molar refractivity (Wildman–Crippen MR) is 83.8 cm³/mol. The number of benzene rings is 2. The van der Waals surface area contributed by atoms with Gasteiger partial charge >= 0.3 is 12.0 Å². The maximum atomic E-state index is 11.5. The van der Waals surface area contributed by atoms with Crippen LogP contribution in [0.4, 0.5) is 10.8 Å². The number of anilines is 1. The summed E-state index contributed by atoms with van der Waals surface area (Å²) in [6.45, 7) is 2.30. The number of phenols is 1. The lowest BCUT2D eigenvalue weighted by atomic mass is 10.1. The quantitative estimate of drug-likeness (QED) is 0.692. The molecular formula is C16H15N3O3. The molecule has 0 unspecified atom stereocenters. The van der Waals surface area contributed by atoms with Crippen LogP contribution in [0.25, 0.3) is 22.2 Å². The number of aromatic hydroxyl groups is 1. The summed E-state index contributed by atoms with van der Waals surface area (Å²) < 4.78 is 5.37. The molecule has 1 aromatic heterocycles. The van der Waals surface area contributed by atoms with Crippen molar-refractivity contribution in [1.29, 1.82) is 0 Å². The molecule has 3 rings (SSSR count). The summed E-state index contributed by atoms with van der Waals surface area (Å²) in [4.78, 5) is 15.7. The lowest BCUT2D eigenvalue weighted by molar-refractivity contribution is 0.252. The first-order valence-electron chi connectivity index (χ1n) is 6.91. The molecule has 6 nitrogen and oxygen atoms in total. The summed E-state index contributed by atoms with van der Waals surface area (Å²) >= 11 is 0. The molecule has 0 atom stereocenters. The van der Waals surface area contributed by atoms with Crippen molar-refractivity contribution < 1.29 is 14.3 Å². The lowest BCUT2D eigenvalue weighted by Crippen LogP contribution is -2.28. The second-order valence-electron chi connectivity index (χ2n) is 4.71. The van der Waals surface area contributed by atoms with Gasteiger partial charge in [-0.2, -0.15) is 4.98 Å². The first kappa shape index (κ1) is 13.9. The Balaban J connectivity index is 1.98. The smallest absolute Gasteiger partial charge is 0.322 e. The highest BCUT2D eigenvalue weighted by Crippen LogP contribution is 2.33. The summed E-state index contributed by atoms with van der Waals surface area (Å²) in [7, 11) is 0. The first-order valence-corrected chi connectivity index (χ1v) is 6.91. The standard InChI is InChI=1S/C16H15N3O3/c1-2-17-15(21)19-16-18-12-8-11(9-13(20)14(12)22-16)10-6-4-3-5-7-10/h3-9,20H,2H2,1H3,(H2,17,18,19,21). The fourth-order valence-electron chi connectivity index (χ4n) is 2.17. The Labute approximate surface area is 126 Å². The third kappa shape index (κ3) is 2.71. The van der Waals surface area contributed by atoms with Gasteiger partial charge in [-0.25, -0.2) is 4.79 Å². The van der Waals surface area contributed by atoms with E-state index in [0.717, 1.165) is 11.1 Å². The van der Waals surface area contributed by atoms with E-state index in [9.17, 15) is 9.90 Å². The Morgan fingerprint density at radius 1 is 1.23 bits per heavy atom. The molecule has 0 fully saturated rings. The molecule has 22 heavy (non-hydrogen) atoms. The van der Waals surface area contributed by atoms with Gasteiger partial charge in [0.25, 0.3) is 0 Å². The number of amides is 2. The molecule has 0 saturated carbocycles. The van der Waals surface area contributed by atoms with E-state index in [-0.39, 0.29) is 17.3 Å². The van der Waals surface area contributed by atoms with E-state index in [1.807, 2.05) is 37.3 Å². The van der Waals surface area contributed by atoms with E-state index >= 15 is 0 Å². The summed E-state index contributed by atoms with van der Waals surface area (Å²) in [5.41, 5.74) is 2.50. The van der Waals surface area contributed by atoms with Crippen molar-refractivity contribution in [3.8, 4) is 16.9 Å². The third-order valence-corrected chi connectivity index (χ3v) is 3.14. The fraction of sp³-hybridized carbons (Fsp3) is 0.125. The molecule has 112 valence electrons. The maximum absolute atomic E-state index is 11.5. The van der Waals surface area contributed by atoms with Crippen molar-refractivity contribution in [3.63, 3.8) is 0 Å². The molecule has 2 amide bonds. The number of fused-ring (bicyclic) bond motifs is 1. The SMILES string of the molecule is CCNC(=O)Nc1nc2cc(-c3ccccc3)cc(O)c2o1. The Morgan fingerprint density at radius 3 is 2.73 bits per heavy atom. The minimum atomic E-state index is -0.406. The summed E-state index contributed by atoms with van der Waals surface area (Å²) in [5.74, 6) is -0.0206. The number of phenolic OH excluding ortho intramolecular Hbond substituents is 1. The van der Waals surface area contributed by atoms with Gasteiger partial charge in [0.05, 0.1) is 0 Å². The first-order chi connectivity index (χ1) is 10.7. The van der Waals surface area contributed by atoms with Gasteiger partial charge in [0, 0.05) is 6.54 Å². The van der Waals surface area contributed by atoms with Crippen molar-refractivity contribution in [2.45, 2.75) is 6.92 Å². The van der Waals surface area contributed by atoms with Crippen LogP contribution in [-0.4, -0.2) is 22.7 Å². The van der Waals surface area contributed by atoms with Crippen molar-refractivity contribution in [2.24, 2.45) is 0 Å². The van der Waals surface area contributed by atoms with E-state index in [4.69, 9.17) is 4.42 Å². The van der Waals surface area contributed by atoms with E-state index in [2.05, 4.69) is 15.6 Å². The molecule has 3 N–H and O–H groups in total. The number of hydrogen-bond donors (Lipinski definition) is 3. The molecule has 0 aliphatic rings. The summed E-state index contributed by atoms with van der Waals surface area (Å²) in [5, 5.41) is 15.2. The largest absolute Gasteiger partial charge is 0.504 e. The number of nitrogens with one attached hydrogen (secondary N) is 2. The average molecular weight is 297 g/mol. The summed E-state index contributed by atoms with van der Waals surface area (Å²) in [6.07, 6.45) is 0. The molecule has 0 saturated heterocycles. The molecule has 6 heteroatoms. The number of aromatic nitrogens is 1. The summed E-state index contributed by atoms with van der Waals surface area (Å²) in [6, 6.07) is 12.7. The molecular weight excluding hydrogens is 282 g/mol. The Hall–Kier alpha value is -3.02. The number of hydrogen-bond acceptors (Lipinski definition) is 4. The number of carbonyl (C=O) groups is 1. The van der Waals surface area contributed by atoms with Gasteiger partial charge in [0.2, 0.25) is 0 Å². The van der Waals surface area contributed by atoms with Gasteiger partial charge in [0.15, 0.2) is 11.3 Å². The van der Waals surface area contributed by atoms with E-state index < -0.39 is 6.03 Å². The predicted octanol–water partition coefficient (Wildman–Crippen LogP) is 3.34. The minimum Gasteiger partial charge on any atom is -0.504 e. The van der Waals surface area contributed by atoms with Crippen LogP contribution >= 0.6 is 0 Å². The Kier molecular flexibility index (Phi) is 3.65. The van der Waals surface area contributed by atoms with Gasteiger partial charge < -0.3 is 14.8 Å². The van der Waals surface area contributed by atoms with Crippen LogP contribution in [-0.2, 0) is 0 Å². The van der Waals surface area contributed by atoms with Crippen molar-refractivity contribution >= 4 is 23.1 Å². The lowest BCUT2D eigenvalue weighted by Gasteiger charge is -2.02. The Morgan fingerprint density at radius 2 is 2.00 bits per heavy atom. The van der Waals surface area contributed by atoms with Gasteiger partial charge in [-0.15, -0.1) is 0 Å². The monoisotopic (exact) mass is 297 g/mol. The normalized spacial score (nSPS) is 10.6. The van der Waals surface area contributed by atoms with Crippen LogP contribution in [0.2, 0.25) is 0 Å². The maximum Gasteiger partial charge on any atom is 0.322 e. The van der Waals surface area contributed by atoms with Gasteiger partial charge in [-0.1, -0.05) is 30.3 Å². The van der Waals surface area contributed by atoms with E-state index in [0.29, 0.717) is 12.1 Å². The fourth-order valence-corrected chi connectivity index (χ4v) is 2.17. The second kappa shape index (κ2) is 5.77. The third-order valence-electron chi connectivity index (χ3n) is 3.14. The molecule has 0 radical (unpaired) electrons. The molecule has 0 bridgehead atoms. The van der Waals surface area contributed by atoms with E-state index in [1.165, 1.54) is 0 Å². The zero-order valence-electron chi connectivity index (χ0n) is 12.0. The van der Waals surface area contributed by atoms with Crippen LogP contribution in [0.15, 0.2) is 46.9 Å². The zero-order chi connectivity index (χ0) is 15.5. The highest BCUT2D eigenvalue weighted by atomic mass is 16.4. The van der Waals surface area contributed by atoms with Crippen LogP contribution in [0, 0.1) is 0 Å². The van der Waals surface area contributed by atoms with Crippen LogP contribution in [0.1, 0.15) is 6.92 Å². The van der Waals surface area contributed by atoms with Crippen molar-refractivity contribution in [3.05, 3.63) is 42.5 Å². The van der Waals surface area contributed by atoms with Gasteiger partial charge in [0.1, 0.15) is 5.52 Å². The Bertz CT molecular complexity index is 812. The van der Waals surface area contributed by atoms with Crippen molar-refractivity contribution in [1.82, 2.24) is 10.3 Å². The highest BCUT2D eigenvalue weighted by Gasteiger charge is 2.13. The van der Waals surface area contributed by atoms with Crippen molar-refractivity contribution in [2.75, 3.05) is 11.9 Å². The number of rotatable bonds is 3. The number of carbonyl (C=O) groups excluding carboxylic acids is 1. The molecule has 1 heterocycles. The second-order valence-corrected chi connectivity index (χ2v) is 4.71.